The molecule has 0 saturated carbocycles. The van der Waals surface area contributed by atoms with Crippen LogP contribution in [0.1, 0.15) is 18.9 Å². The van der Waals surface area contributed by atoms with Gasteiger partial charge in [0.05, 0.1) is 17.0 Å². The van der Waals surface area contributed by atoms with Crippen molar-refractivity contribution >= 4 is 17.7 Å². The Labute approximate surface area is 162 Å². The van der Waals surface area contributed by atoms with Gasteiger partial charge in [0.1, 0.15) is 11.9 Å². The molecule has 28 heavy (non-hydrogen) atoms. The van der Waals surface area contributed by atoms with Crippen LogP contribution in [0, 0.1) is 10.1 Å². The van der Waals surface area contributed by atoms with Gasteiger partial charge in [-0.2, -0.15) is 0 Å². The number of ether oxygens (including phenoxy) is 3. The van der Waals surface area contributed by atoms with Crippen molar-refractivity contribution in [1.29, 1.82) is 0 Å². The summed E-state index contributed by atoms with van der Waals surface area (Å²) in [4.78, 5) is 22.8. The number of amides is 1. The van der Waals surface area contributed by atoms with Crippen molar-refractivity contribution in [3.8, 4) is 11.5 Å². The maximum atomic E-state index is 12.0. The van der Waals surface area contributed by atoms with Crippen molar-refractivity contribution in [3.63, 3.8) is 0 Å². The van der Waals surface area contributed by atoms with Crippen molar-refractivity contribution in [3.05, 3.63) is 71.0 Å². The number of carbonyl (C=O) groups excluding carboxylic acids is 1. The Morgan fingerprint density at radius 2 is 2.14 bits per heavy atom. The van der Waals surface area contributed by atoms with E-state index in [9.17, 15) is 14.9 Å². The molecule has 1 aromatic rings. The van der Waals surface area contributed by atoms with Crippen LogP contribution in [-0.4, -0.2) is 30.3 Å². The highest BCUT2D eigenvalue weighted by atomic mass is 16.7. The van der Waals surface area contributed by atoms with Crippen LogP contribution in [0.3, 0.4) is 0 Å². The minimum absolute atomic E-state index is 0.0648. The Balaban J connectivity index is 0.00000136. The van der Waals surface area contributed by atoms with E-state index in [1.165, 1.54) is 18.2 Å². The third kappa shape index (κ3) is 4.59. The van der Waals surface area contributed by atoms with Gasteiger partial charge in [0.25, 0.3) is 0 Å². The Bertz CT molecular complexity index is 843. The first kappa shape index (κ1) is 20.8. The SMILES string of the molecule is C=C.C=C1OC(CNC(=O)/C=C/c2ccc3c(c2[N+](=O)[O-])OCO3)C/C1=C/C. The fourth-order valence-corrected chi connectivity index (χ4v) is 2.80. The molecule has 3 rings (SSSR count). The molecule has 0 aliphatic carbocycles. The molecule has 1 fully saturated rings. The van der Waals surface area contributed by atoms with Crippen molar-refractivity contribution in [2.75, 3.05) is 13.3 Å². The first-order chi connectivity index (χ1) is 13.5. The highest BCUT2D eigenvalue weighted by Gasteiger charge is 2.28. The lowest BCUT2D eigenvalue weighted by Gasteiger charge is -2.09. The molecule has 1 aromatic carbocycles. The molecule has 1 saturated heterocycles. The number of nitrogens with zero attached hydrogens (tertiary/aromatic N) is 1. The minimum atomic E-state index is -0.554. The Hall–Kier alpha value is -3.55. The smallest absolute Gasteiger partial charge is 0.322 e. The summed E-state index contributed by atoms with van der Waals surface area (Å²) in [6.45, 7) is 12.0. The van der Waals surface area contributed by atoms with Gasteiger partial charge in [-0.3, -0.25) is 14.9 Å². The summed E-state index contributed by atoms with van der Waals surface area (Å²) in [7, 11) is 0. The lowest BCUT2D eigenvalue weighted by atomic mass is 10.1. The number of hydrogen-bond donors (Lipinski definition) is 1. The maximum absolute atomic E-state index is 12.0. The first-order valence-electron chi connectivity index (χ1n) is 8.53. The molecule has 2 heterocycles. The van der Waals surface area contributed by atoms with Crippen LogP contribution >= 0.6 is 0 Å². The van der Waals surface area contributed by atoms with Crippen molar-refractivity contribution in [2.24, 2.45) is 0 Å². The van der Waals surface area contributed by atoms with Crippen LogP contribution in [0.25, 0.3) is 6.08 Å². The van der Waals surface area contributed by atoms with E-state index in [0.29, 0.717) is 24.5 Å². The second-order valence-electron chi connectivity index (χ2n) is 5.75. The van der Waals surface area contributed by atoms with Crippen molar-refractivity contribution in [2.45, 2.75) is 19.4 Å². The van der Waals surface area contributed by atoms with Gasteiger partial charge in [0.2, 0.25) is 18.4 Å². The molecule has 8 nitrogen and oxygen atoms in total. The van der Waals surface area contributed by atoms with Gasteiger partial charge < -0.3 is 19.5 Å². The fourth-order valence-electron chi connectivity index (χ4n) is 2.80. The van der Waals surface area contributed by atoms with Crippen LogP contribution in [0.2, 0.25) is 0 Å². The number of fused-ring (bicyclic) bond motifs is 1. The van der Waals surface area contributed by atoms with E-state index >= 15 is 0 Å². The summed E-state index contributed by atoms with van der Waals surface area (Å²) in [5.74, 6) is 0.643. The molecule has 0 radical (unpaired) electrons. The number of hydrogen-bond acceptors (Lipinski definition) is 6. The standard InChI is InChI=1S/C18H18N2O6.C2H4/c1-3-12-8-14(26-11(12)2)9-19-16(21)7-5-13-4-6-15-18(25-10-24-15)17(13)20(22)23;1-2/h3-7,14H,2,8-10H2,1H3,(H,19,21);1-2H2/b7-5+,12-3-;. The average molecular weight is 386 g/mol. The van der Waals surface area contributed by atoms with Gasteiger partial charge in [0.15, 0.2) is 5.75 Å². The lowest BCUT2D eigenvalue weighted by Crippen LogP contribution is -2.30. The lowest BCUT2D eigenvalue weighted by molar-refractivity contribution is -0.385. The predicted molar refractivity (Wildman–Crippen MR) is 105 cm³/mol. The van der Waals surface area contributed by atoms with Crippen LogP contribution in [-0.2, 0) is 9.53 Å². The summed E-state index contributed by atoms with van der Waals surface area (Å²) in [6, 6.07) is 3.08. The quantitative estimate of drug-likeness (QED) is 0.360. The van der Waals surface area contributed by atoms with Gasteiger partial charge in [0, 0.05) is 12.5 Å². The summed E-state index contributed by atoms with van der Waals surface area (Å²) >= 11 is 0. The molecular weight excluding hydrogens is 364 g/mol. The Morgan fingerprint density at radius 1 is 1.39 bits per heavy atom. The normalized spacial score (nSPS) is 18.5. The second-order valence-corrected chi connectivity index (χ2v) is 5.75. The third-order valence-electron chi connectivity index (χ3n) is 4.11. The second kappa shape index (κ2) is 9.40. The molecule has 2 aliphatic rings. The highest BCUT2D eigenvalue weighted by molar-refractivity contribution is 5.92. The molecular formula is C20H22N2O6. The van der Waals surface area contributed by atoms with E-state index in [1.54, 1.807) is 6.07 Å². The summed E-state index contributed by atoms with van der Waals surface area (Å²) < 4.78 is 15.8. The number of rotatable bonds is 5. The van der Waals surface area contributed by atoms with Crippen molar-refractivity contribution < 1.29 is 23.9 Å². The van der Waals surface area contributed by atoms with Gasteiger partial charge in [-0.1, -0.05) is 12.7 Å². The minimum Gasteiger partial charge on any atom is -0.489 e. The maximum Gasteiger partial charge on any atom is 0.322 e. The fraction of sp³-hybridized carbons (Fsp3) is 0.250. The molecule has 8 heteroatoms. The summed E-state index contributed by atoms with van der Waals surface area (Å²) in [5, 5.41) is 14.0. The van der Waals surface area contributed by atoms with E-state index in [2.05, 4.69) is 25.1 Å². The zero-order chi connectivity index (χ0) is 20.7. The molecule has 148 valence electrons. The number of nitrogens with one attached hydrogen (secondary N) is 1. The van der Waals surface area contributed by atoms with E-state index in [0.717, 1.165) is 5.57 Å². The monoisotopic (exact) mass is 386 g/mol. The highest BCUT2D eigenvalue weighted by Crippen LogP contribution is 2.43. The first-order valence-corrected chi connectivity index (χ1v) is 8.53. The van der Waals surface area contributed by atoms with E-state index in [1.807, 2.05) is 13.0 Å². The zero-order valence-corrected chi connectivity index (χ0v) is 15.6. The summed E-state index contributed by atoms with van der Waals surface area (Å²) in [5.41, 5.74) is 1.06. The third-order valence-corrected chi connectivity index (χ3v) is 4.11. The number of allylic oxidation sites excluding steroid dienone is 2. The molecule has 2 aliphatic heterocycles. The van der Waals surface area contributed by atoms with Crippen LogP contribution < -0.4 is 14.8 Å². The van der Waals surface area contributed by atoms with Crippen LogP contribution in [0.15, 0.2) is 55.4 Å². The largest absolute Gasteiger partial charge is 0.489 e. The molecule has 0 aromatic heterocycles. The number of nitro benzene ring substituents is 1. The van der Waals surface area contributed by atoms with E-state index < -0.39 is 4.92 Å². The zero-order valence-electron chi connectivity index (χ0n) is 15.6. The number of benzene rings is 1. The van der Waals surface area contributed by atoms with E-state index in [-0.39, 0.29) is 35.8 Å². The Morgan fingerprint density at radius 3 is 2.79 bits per heavy atom. The van der Waals surface area contributed by atoms with Gasteiger partial charge in [-0.15, -0.1) is 13.2 Å². The van der Waals surface area contributed by atoms with Crippen LogP contribution in [0.5, 0.6) is 11.5 Å². The number of nitro groups is 1. The van der Waals surface area contributed by atoms with Gasteiger partial charge in [-0.05, 0) is 30.7 Å². The summed E-state index contributed by atoms with van der Waals surface area (Å²) in [6.07, 6.45) is 5.08. The Kier molecular flexibility index (Phi) is 6.97. The molecule has 1 atom stereocenters. The van der Waals surface area contributed by atoms with Crippen LogP contribution in [0.4, 0.5) is 5.69 Å². The van der Waals surface area contributed by atoms with Crippen molar-refractivity contribution in [1.82, 2.24) is 5.32 Å². The molecule has 0 bridgehead atoms. The van der Waals surface area contributed by atoms with Gasteiger partial charge in [-0.25, -0.2) is 0 Å². The molecule has 1 N–H and O–H groups in total. The molecule has 1 unspecified atom stereocenters. The topological polar surface area (TPSA) is 99.9 Å². The average Bonchev–Trinajstić information content (AvgIpc) is 3.31. The molecule has 1 amide bonds. The number of carbonyl (C=O) groups is 1. The predicted octanol–water partition coefficient (Wildman–Crippen LogP) is 3.50. The molecule has 0 spiro atoms. The van der Waals surface area contributed by atoms with Gasteiger partial charge >= 0.3 is 5.69 Å². The van der Waals surface area contributed by atoms with E-state index in [4.69, 9.17) is 14.2 Å².